The number of carbonyl (C=O) groups is 1. The Hall–Kier alpha value is -3.53. The topological polar surface area (TPSA) is 47.6 Å². The Morgan fingerprint density at radius 2 is 1.46 bits per heavy atom. The van der Waals surface area contributed by atoms with Crippen molar-refractivity contribution in [2.45, 2.75) is 6.04 Å². The molecule has 3 aromatic rings. The zero-order valence-corrected chi connectivity index (χ0v) is 16.0. The first-order valence-corrected chi connectivity index (χ1v) is 9.01. The van der Waals surface area contributed by atoms with Crippen LogP contribution in [0.3, 0.4) is 0 Å². The molecule has 3 rings (SSSR count). The summed E-state index contributed by atoms with van der Waals surface area (Å²) in [5, 5.41) is 3.09. The van der Waals surface area contributed by atoms with Crippen LogP contribution in [0.5, 0.6) is 11.5 Å². The Bertz CT molecular complexity index is 897. The van der Waals surface area contributed by atoms with Crippen molar-refractivity contribution in [1.82, 2.24) is 5.32 Å². The number of ether oxygens (including phenoxy) is 2. The smallest absolute Gasteiger partial charge is 0.244 e. The van der Waals surface area contributed by atoms with Gasteiger partial charge in [0.25, 0.3) is 0 Å². The highest BCUT2D eigenvalue weighted by Crippen LogP contribution is 2.26. The molecule has 3 aromatic carbocycles. The van der Waals surface area contributed by atoms with Crippen LogP contribution >= 0.6 is 0 Å². The van der Waals surface area contributed by atoms with Gasteiger partial charge in [0.05, 0.1) is 20.3 Å². The highest BCUT2D eigenvalue weighted by molar-refractivity contribution is 5.92. The molecule has 0 unspecified atom stereocenters. The van der Waals surface area contributed by atoms with E-state index in [0.29, 0.717) is 11.5 Å². The molecule has 0 aliphatic rings. The highest BCUT2D eigenvalue weighted by Gasteiger charge is 2.15. The third-order valence-electron chi connectivity index (χ3n) is 4.41. The summed E-state index contributed by atoms with van der Waals surface area (Å²) in [7, 11) is 3.19. The third-order valence-corrected chi connectivity index (χ3v) is 4.41. The zero-order valence-electron chi connectivity index (χ0n) is 16.0. The van der Waals surface area contributed by atoms with E-state index in [0.717, 1.165) is 16.7 Å². The quantitative estimate of drug-likeness (QED) is 0.615. The molecule has 0 aliphatic carbocycles. The molecule has 4 nitrogen and oxygen atoms in total. The first kappa shape index (κ1) is 19.2. The molecular formula is C24H23NO3. The van der Waals surface area contributed by atoms with Crippen LogP contribution in [-0.4, -0.2) is 20.1 Å². The Balaban J connectivity index is 1.80. The van der Waals surface area contributed by atoms with Gasteiger partial charge in [0.15, 0.2) is 0 Å². The maximum atomic E-state index is 12.6. The molecule has 0 spiro atoms. The largest absolute Gasteiger partial charge is 0.497 e. The summed E-state index contributed by atoms with van der Waals surface area (Å²) < 4.78 is 10.6. The maximum Gasteiger partial charge on any atom is 0.244 e. The molecule has 4 heteroatoms. The van der Waals surface area contributed by atoms with Gasteiger partial charge in [0, 0.05) is 17.7 Å². The first-order valence-electron chi connectivity index (χ1n) is 9.01. The van der Waals surface area contributed by atoms with Crippen molar-refractivity contribution in [2.75, 3.05) is 14.2 Å². The number of nitrogens with one attached hydrogen (secondary N) is 1. The fourth-order valence-corrected chi connectivity index (χ4v) is 2.96. The van der Waals surface area contributed by atoms with Crippen molar-refractivity contribution < 1.29 is 14.3 Å². The van der Waals surface area contributed by atoms with E-state index in [1.165, 1.54) is 6.08 Å². The van der Waals surface area contributed by atoms with Crippen LogP contribution in [-0.2, 0) is 4.79 Å². The zero-order chi connectivity index (χ0) is 19.8. The molecule has 0 fully saturated rings. The molecule has 0 radical (unpaired) electrons. The lowest BCUT2D eigenvalue weighted by atomic mass is 9.98. The lowest BCUT2D eigenvalue weighted by Gasteiger charge is -2.19. The highest BCUT2D eigenvalue weighted by atomic mass is 16.5. The minimum absolute atomic E-state index is 0.185. The van der Waals surface area contributed by atoms with Crippen molar-refractivity contribution in [3.8, 4) is 11.5 Å². The number of amides is 1. The van der Waals surface area contributed by atoms with E-state index < -0.39 is 0 Å². The molecule has 0 heterocycles. The Morgan fingerprint density at radius 3 is 2.00 bits per heavy atom. The van der Waals surface area contributed by atoms with Crippen molar-refractivity contribution in [3.63, 3.8) is 0 Å². The minimum atomic E-state index is -0.225. The minimum Gasteiger partial charge on any atom is -0.497 e. The van der Waals surface area contributed by atoms with Crippen molar-refractivity contribution >= 4 is 12.0 Å². The number of benzene rings is 3. The second-order valence-corrected chi connectivity index (χ2v) is 6.20. The van der Waals surface area contributed by atoms with Crippen LogP contribution < -0.4 is 14.8 Å². The van der Waals surface area contributed by atoms with E-state index in [9.17, 15) is 4.79 Å². The van der Waals surface area contributed by atoms with Gasteiger partial charge in [-0.2, -0.15) is 0 Å². The van der Waals surface area contributed by atoms with Crippen LogP contribution in [0.2, 0.25) is 0 Å². The molecule has 0 bridgehead atoms. The Kier molecular flexibility index (Phi) is 6.47. The van der Waals surface area contributed by atoms with Gasteiger partial charge in [-0.15, -0.1) is 0 Å². The molecule has 142 valence electrons. The number of methoxy groups -OCH3 is 2. The van der Waals surface area contributed by atoms with Crippen LogP contribution in [0.25, 0.3) is 6.08 Å². The average Bonchev–Trinajstić information content (AvgIpc) is 2.77. The normalized spacial score (nSPS) is 10.8. The summed E-state index contributed by atoms with van der Waals surface area (Å²) >= 11 is 0. The fourth-order valence-electron chi connectivity index (χ4n) is 2.96. The molecule has 0 saturated carbocycles. The first-order chi connectivity index (χ1) is 13.7. The summed E-state index contributed by atoms with van der Waals surface area (Å²) in [6.45, 7) is 0. The molecule has 0 atom stereocenters. The maximum absolute atomic E-state index is 12.6. The summed E-state index contributed by atoms with van der Waals surface area (Å²) in [5.74, 6) is 1.16. The van der Waals surface area contributed by atoms with Gasteiger partial charge in [-0.3, -0.25) is 4.79 Å². The standard InChI is InChI=1S/C24H23NO3/c1-27-21-15-13-18(22(17-21)28-2)14-16-23(26)25-24(19-9-5-3-6-10-19)20-11-7-4-8-12-20/h3-17,24H,1-2H3,(H,25,26)/b16-14+. The molecule has 28 heavy (non-hydrogen) atoms. The fraction of sp³-hybridized carbons (Fsp3) is 0.125. The predicted molar refractivity (Wildman–Crippen MR) is 111 cm³/mol. The van der Waals surface area contributed by atoms with Crippen molar-refractivity contribution in [2.24, 2.45) is 0 Å². The van der Waals surface area contributed by atoms with Gasteiger partial charge < -0.3 is 14.8 Å². The van der Waals surface area contributed by atoms with E-state index in [2.05, 4.69) is 5.32 Å². The van der Waals surface area contributed by atoms with E-state index in [-0.39, 0.29) is 11.9 Å². The summed E-state index contributed by atoms with van der Waals surface area (Å²) in [5.41, 5.74) is 2.85. The van der Waals surface area contributed by atoms with Gasteiger partial charge in [0.1, 0.15) is 11.5 Å². The van der Waals surface area contributed by atoms with Gasteiger partial charge in [-0.05, 0) is 29.3 Å². The van der Waals surface area contributed by atoms with Crippen molar-refractivity contribution in [1.29, 1.82) is 0 Å². The average molecular weight is 373 g/mol. The monoisotopic (exact) mass is 373 g/mol. The van der Waals surface area contributed by atoms with E-state index in [1.54, 1.807) is 26.4 Å². The molecule has 0 aliphatic heterocycles. The van der Waals surface area contributed by atoms with Gasteiger partial charge in [-0.1, -0.05) is 60.7 Å². The molecule has 1 N–H and O–H groups in total. The van der Waals surface area contributed by atoms with Crippen LogP contribution in [0.1, 0.15) is 22.7 Å². The van der Waals surface area contributed by atoms with Crippen LogP contribution in [0, 0.1) is 0 Å². The number of hydrogen-bond donors (Lipinski definition) is 1. The van der Waals surface area contributed by atoms with Crippen LogP contribution in [0.15, 0.2) is 84.9 Å². The van der Waals surface area contributed by atoms with Crippen LogP contribution in [0.4, 0.5) is 0 Å². The lowest BCUT2D eigenvalue weighted by Crippen LogP contribution is -2.27. The lowest BCUT2D eigenvalue weighted by molar-refractivity contribution is -0.116. The molecule has 1 amide bonds. The number of rotatable bonds is 7. The summed E-state index contributed by atoms with van der Waals surface area (Å²) in [4.78, 5) is 12.6. The Labute approximate surface area is 165 Å². The summed E-state index contributed by atoms with van der Waals surface area (Å²) in [6.07, 6.45) is 3.25. The predicted octanol–water partition coefficient (Wildman–Crippen LogP) is 4.62. The van der Waals surface area contributed by atoms with E-state index >= 15 is 0 Å². The Morgan fingerprint density at radius 1 is 0.857 bits per heavy atom. The molecule has 0 saturated heterocycles. The van der Waals surface area contributed by atoms with E-state index in [4.69, 9.17) is 9.47 Å². The van der Waals surface area contributed by atoms with Gasteiger partial charge >= 0.3 is 0 Å². The SMILES string of the molecule is COc1ccc(/C=C/C(=O)NC(c2ccccc2)c2ccccc2)c(OC)c1. The van der Waals surface area contributed by atoms with E-state index in [1.807, 2.05) is 72.8 Å². The molecule has 0 aromatic heterocycles. The number of carbonyl (C=O) groups excluding carboxylic acids is 1. The summed E-state index contributed by atoms with van der Waals surface area (Å²) in [6, 6.07) is 25.1. The second-order valence-electron chi connectivity index (χ2n) is 6.20. The number of hydrogen-bond acceptors (Lipinski definition) is 3. The molecular weight excluding hydrogens is 350 g/mol. The third kappa shape index (κ3) is 4.80. The van der Waals surface area contributed by atoms with Gasteiger partial charge in [-0.25, -0.2) is 0 Å². The second kappa shape index (κ2) is 9.42. The van der Waals surface area contributed by atoms with Gasteiger partial charge in [0.2, 0.25) is 5.91 Å². The van der Waals surface area contributed by atoms with Crippen molar-refractivity contribution in [3.05, 3.63) is 102 Å².